The fraction of sp³-hybridized carbons (Fsp3) is 0.625. The van der Waals surface area contributed by atoms with Crippen molar-refractivity contribution in [3.05, 3.63) is 12.2 Å². The molecular weight excluding hydrogens is 172 g/mol. The predicted molar refractivity (Wildman–Crippen MR) is 51.6 cm³/mol. The SMILES string of the molecule is CCCC=CC(=O)[O-].CC[O-].[NH4+].[NH4+]. The van der Waals surface area contributed by atoms with Crippen molar-refractivity contribution in [1.29, 1.82) is 0 Å². The molecular formula is C8H22N2O3. The Labute approximate surface area is 79.6 Å². The van der Waals surface area contributed by atoms with Crippen LogP contribution in [0.3, 0.4) is 0 Å². The molecule has 0 aromatic carbocycles. The van der Waals surface area contributed by atoms with Gasteiger partial charge in [0.2, 0.25) is 0 Å². The van der Waals surface area contributed by atoms with Gasteiger partial charge in [0.1, 0.15) is 0 Å². The topological polar surface area (TPSA) is 136 Å². The molecule has 5 nitrogen and oxygen atoms in total. The standard InChI is InChI=1S/C6H10O2.C2H5O.2H3N/c1-2-3-4-5-6(7)8;1-2-3;;/h4-5H,2-3H2,1H3,(H,7,8);2H2,1H3;2*1H3/q;-1;;/p+1. The highest BCUT2D eigenvalue weighted by molar-refractivity contribution is 5.77. The van der Waals surface area contributed by atoms with Crippen LogP contribution in [0, 0.1) is 0 Å². The first-order valence-corrected chi connectivity index (χ1v) is 3.64. The van der Waals surface area contributed by atoms with Gasteiger partial charge in [0.15, 0.2) is 0 Å². The van der Waals surface area contributed by atoms with Crippen molar-refractivity contribution >= 4 is 5.97 Å². The van der Waals surface area contributed by atoms with E-state index in [0.717, 1.165) is 18.9 Å². The lowest BCUT2D eigenvalue weighted by atomic mass is 10.3. The second kappa shape index (κ2) is 22.5. The zero-order valence-corrected chi connectivity index (χ0v) is 9.00. The highest BCUT2D eigenvalue weighted by Crippen LogP contribution is 1.86. The molecule has 5 heteroatoms. The highest BCUT2D eigenvalue weighted by Gasteiger charge is 1.71. The third-order valence-corrected chi connectivity index (χ3v) is 0.709. The molecule has 13 heavy (non-hydrogen) atoms. The number of carboxylic acid groups (broad SMARTS) is 1. The van der Waals surface area contributed by atoms with E-state index in [1.165, 1.54) is 0 Å². The third-order valence-electron chi connectivity index (χ3n) is 0.709. The van der Waals surface area contributed by atoms with Crippen molar-refractivity contribution in [2.45, 2.75) is 26.7 Å². The number of carboxylic acids is 1. The number of aliphatic carboxylic acids is 1. The molecule has 0 aromatic rings. The molecule has 0 heterocycles. The Morgan fingerprint density at radius 3 is 1.92 bits per heavy atom. The first-order chi connectivity index (χ1) is 5.18. The van der Waals surface area contributed by atoms with Crippen molar-refractivity contribution in [2.24, 2.45) is 0 Å². The predicted octanol–water partition coefficient (Wildman–Crippen LogP) is 0.212. The van der Waals surface area contributed by atoms with E-state index in [1.54, 1.807) is 13.0 Å². The van der Waals surface area contributed by atoms with E-state index in [9.17, 15) is 9.90 Å². The van der Waals surface area contributed by atoms with E-state index < -0.39 is 5.97 Å². The van der Waals surface area contributed by atoms with Crippen LogP contribution in [-0.2, 0) is 4.79 Å². The van der Waals surface area contributed by atoms with Gasteiger partial charge in [0.05, 0.1) is 5.97 Å². The van der Waals surface area contributed by atoms with Gasteiger partial charge in [-0.1, -0.05) is 26.3 Å². The summed E-state index contributed by atoms with van der Waals surface area (Å²) < 4.78 is 0. The molecule has 0 spiro atoms. The van der Waals surface area contributed by atoms with Crippen LogP contribution in [-0.4, -0.2) is 12.6 Å². The maximum Gasteiger partial charge on any atom is 0.0639 e. The fourth-order valence-electron chi connectivity index (χ4n) is 0.346. The minimum absolute atomic E-state index is 0. The van der Waals surface area contributed by atoms with E-state index in [4.69, 9.17) is 5.11 Å². The van der Waals surface area contributed by atoms with E-state index in [-0.39, 0.29) is 18.9 Å². The highest BCUT2D eigenvalue weighted by atomic mass is 16.4. The molecule has 0 bridgehead atoms. The van der Waals surface area contributed by atoms with Gasteiger partial charge in [0, 0.05) is 0 Å². The number of rotatable bonds is 3. The lowest BCUT2D eigenvalue weighted by Crippen LogP contribution is -2.18. The molecule has 0 saturated carbocycles. The van der Waals surface area contributed by atoms with Gasteiger partial charge < -0.3 is 27.3 Å². The molecule has 0 aromatic heterocycles. The molecule has 0 fully saturated rings. The Bertz CT molecular complexity index is 116. The van der Waals surface area contributed by atoms with Gasteiger partial charge in [-0.15, -0.1) is 6.61 Å². The van der Waals surface area contributed by atoms with Crippen molar-refractivity contribution < 1.29 is 15.0 Å². The lowest BCUT2D eigenvalue weighted by Gasteiger charge is -1.87. The number of carbonyl (C=O) groups excluding carboxylic acids is 1. The van der Waals surface area contributed by atoms with Crippen molar-refractivity contribution in [2.75, 3.05) is 6.61 Å². The number of hydrogen-bond acceptors (Lipinski definition) is 3. The summed E-state index contributed by atoms with van der Waals surface area (Å²) in [4.78, 5) is 9.68. The number of unbranched alkanes of at least 4 members (excludes halogenated alkanes) is 1. The first kappa shape index (κ1) is 22.7. The normalized spacial score (nSPS) is 7.62. The number of hydrogen-bond donors (Lipinski definition) is 2. The van der Waals surface area contributed by atoms with Crippen LogP contribution in [0.25, 0.3) is 0 Å². The number of quaternary nitrogens is 2. The zero-order valence-electron chi connectivity index (χ0n) is 9.00. The quantitative estimate of drug-likeness (QED) is 0.621. The minimum atomic E-state index is -1.11. The second-order valence-electron chi connectivity index (χ2n) is 1.80. The molecule has 0 unspecified atom stereocenters. The van der Waals surface area contributed by atoms with Crippen LogP contribution >= 0.6 is 0 Å². The molecule has 0 aliphatic heterocycles. The first-order valence-electron chi connectivity index (χ1n) is 3.64. The molecule has 0 saturated heterocycles. The van der Waals surface area contributed by atoms with Gasteiger partial charge in [-0.3, -0.25) is 0 Å². The third kappa shape index (κ3) is 54.8. The average Bonchev–Trinajstić information content (AvgIpc) is 1.89. The van der Waals surface area contributed by atoms with E-state index >= 15 is 0 Å². The van der Waals surface area contributed by atoms with Crippen molar-refractivity contribution in [3.63, 3.8) is 0 Å². The maximum absolute atomic E-state index is 9.68. The second-order valence-corrected chi connectivity index (χ2v) is 1.80. The molecule has 0 aliphatic rings. The summed E-state index contributed by atoms with van der Waals surface area (Å²) in [7, 11) is 0. The summed E-state index contributed by atoms with van der Waals surface area (Å²) in [6, 6.07) is 0. The molecule has 8 N–H and O–H groups in total. The Morgan fingerprint density at radius 2 is 1.69 bits per heavy atom. The van der Waals surface area contributed by atoms with Crippen LogP contribution in [0.15, 0.2) is 12.2 Å². The van der Waals surface area contributed by atoms with Crippen LogP contribution in [0.1, 0.15) is 26.7 Å². The van der Waals surface area contributed by atoms with Gasteiger partial charge in [0.25, 0.3) is 0 Å². The summed E-state index contributed by atoms with van der Waals surface area (Å²) in [5, 5.41) is 18.6. The molecule has 0 aliphatic carbocycles. The Morgan fingerprint density at radius 1 is 1.31 bits per heavy atom. The van der Waals surface area contributed by atoms with Crippen LogP contribution in [0.5, 0.6) is 0 Å². The Balaban J connectivity index is -0.0000000720. The fourth-order valence-corrected chi connectivity index (χ4v) is 0.346. The maximum atomic E-state index is 9.68. The smallest absolute Gasteiger partial charge is 0.0639 e. The molecule has 0 atom stereocenters. The number of carbonyl (C=O) groups is 1. The molecule has 0 amide bonds. The Kier molecular flexibility index (Phi) is 39.3. The lowest BCUT2D eigenvalue weighted by molar-refractivity contribution is -0.361. The zero-order chi connectivity index (χ0) is 9.11. The molecule has 0 rings (SSSR count). The van der Waals surface area contributed by atoms with Crippen LogP contribution in [0.2, 0.25) is 0 Å². The van der Waals surface area contributed by atoms with Gasteiger partial charge >= 0.3 is 0 Å². The minimum Gasteiger partial charge on any atom is -0.855 e. The van der Waals surface area contributed by atoms with E-state index in [2.05, 4.69) is 0 Å². The summed E-state index contributed by atoms with van der Waals surface area (Å²) in [6.07, 6.45) is 4.44. The van der Waals surface area contributed by atoms with E-state index in [0.29, 0.717) is 0 Å². The van der Waals surface area contributed by atoms with Crippen LogP contribution < -0.4 is 22.5 Å². The average molecular weight is 194 g/mol. The van der Waals surface area contributed by atoms with Gasteiger partial charge in [-0.2, -0.15) is 0 Å². The molecule has 0 radical (unpaired) electrons. The van der Waals surface area contributed by atoms with E-state index in [1.807, 2.05) is 6.92 Å². The summed E-state index contributed by atoms with van der Waals surface area (Å²) in [5.74, 6) is -1.11. The van der Waals surface area contributed by atoms with Crippen molar-refractivity contribution in [3.8, 4) is 0 Å². The summed E-state index contributed by atoms with van der Waals surface area (Å²) >= 11 is 0. The van der Waals surface area contributed by atoms with Crippen molar-refractivity contribution in [1.82, 2.24) is 12.3 Å². The number of allylic oxidation sites excluding steroid dienone is 1. The van der Waals surface area contributed by atoms with Gasteiger partial charge in [-0.25, -0.2) is 0 Å². The Hall–Kier alpha value is -0.910. The molecule has 82 valence electrons. The largest absolute Gasteiger partial charge is 0.855 e. The monoisotopic (exact) mass is 194 g/mol. The summed E-state index contributed by atoms with van der Waals surface area (Å²) in [6.45, 7) is 3.56. The summed E-state index contributed by atoms with van der Waals surface area (Å²) in [5.41, 5.74) is 0. The van der Waals surface area contributed by atoms with Crippen LogP contribution in [0.4, 0.5) is 0 Å². The van der Waals surface area contributed by atoms with Gasteiger partial charge in [-0.05, 0) is 12.5 Å².